The van der Waals surface area contributed by atoms with E-state index in [0.29, 0.717) is 13.1 Å². The highest BCUT2D eigenvalue weighted by Crippen LogP contribution is 2.20. The quantitative estimate of drug-likeness (QED) is 0.722. The Morgan fingerprint density at radius 1 is 1.32 bits per heavy atom. The predicted octanol–water partition coefficient (Wildman–Crippen LogP) is 1.98. The summed E-state index contributed by atoms with van der Waals surface area (Å²) in [5.74, 6) is 1.55. The fraction of sp³-hybridized carbons (Fsp3) is 0.562. The third-order valence-electron chi connectivity index (χ3n) is 4.11. The molecule has 0 radical (unpaired) electrons. The van der Waals surface area contributed by atoms with Crippen LogP contribution in [0.3, 0.4) is 0 Å². The Balaban J connectivity index is 0.00000312. The highest BCUT2D eigenvalue weighted by atomic mass is 35.5. The van der Waals surface area contributed by atoms with Gasteiger partial charge in [-0.15, -0.1) is 24.2 Å². The van der Waals surface area contributed by atoms with Gasteiger partial charge in [0.1, 0.15) is 0 Å². The van der Waals surface area contributed by atoms with Gasteiger partial charge in [0.15, 0.2) is 0 Å². The third kappa shape index (κ3) is 5.34. The summed E-state index contributed by atoms with van der Waals surface area (Å²) < 4.78 is 26.4. The van der Waals surface area contributed by atoms with Crippen LogP contribution in [0.1, 0.15) is 32.4 Å². The molecule has 1 aromatic carbocycles. The predicted molar refractivity (Wildman–Crippen MR) is 105 cm³/mol. The molecule has 0 bridgehead atoms. The van der Waals surface area contributed by atoms with E-state index in [2.05, 4.69) is 10.6 Å². The van der Waals surface area contributed by atoms with Gasteiger partial charge in [0, 0.05) is 24.7 Å². The van der Waals surface area contributed by atoms with E-state index < -0.39 is 10.0 Å². The van der Waals surface area contributed by atoms with Crippen LogP contribution in [0.4, 0.5) is 0 Å². The maximum atomic E-state index is 12.5. The molecule has 2 atom stereocenters. The number of sulfonamides is 1. The summed E-state index contributed by atoms with van der Waals surface area (Å²) in [5.41, 5.74) is 0.882. The molecule has 1 amide bonds. The first-order valence-corrected chi connectivity index (χ1v) is 10.7. The van der Waals surface area contributed by atoms with Gasteiger partial charge < -0.3 is 5.32 Å². The average Bonchev–Trinajstić information content (AvgIpc) is 3.10. The van der Waals surface area contributed by atoms with Gasteiger partial charge in [-0.25, -0.2) is 8.42 Å². The molecule has 1 aliphatic heterocycles. The Labute approximate surface area is 160 Å². The highest BCUT2D eigenvalue weighted by molar-refractivity contribution is 7.99. The van der Waals surface area contributed by atoms with Crippen molar-refractivity contribution in [3.05, 3.63) is 29.8 Å². The second-order valence-corrected chi connectivity index (χ2v) is 8.63. The van der Waals surface area contributed by atoms with Crippen molar-refractivity contribution in [2.75, 3.05) is 24.7 Å². The molecule has 2 N–H and O–H groups in total. The van der Waals surface area contributed by atoms with Crippen LogP contribution >= 0.6 is 24.2 Å². The van der Waals surface area contributed by atoms with Gasteiger partial charge in [-0.1, -0.05) is 26.0 Å². The largest absolute Gasteiger partial charge is 0.348 e. The van der Waals surface area contributed by atoms with Crippen molar-refractivity contribution in [2.45, 2.75) is 37.8 Å². The van der Waals surface area contributed by atoms with Gasteiger partial charge in [0.2, 0.25) is 15.9 Å². The van der Waals surface area contributed by atoms with E-state index in [9.17, 15) is 13.2 Å². The van der Waals surface area contributed by atoms with Crippen LogP contribution in [0.5, 0.6) is 0 Å². The van der Waals surface area contributed by atoms with E-state index in [1.807, 2.05) is 20.8 Å². The molecule has 0 aliphatic carbocycles. The fourth-order valence-electron chi connectivity index (χ4n) is 2.60. The monoisotopic (exact) mass is 407 g/mol. The lowest BCUT2D eigenvalue weighted by atomic mass is 10.1. The molecule has 2 unspecified atom stereocenters. The molecular formula is C16H26ClN3O3S2. The summed E-state index contributed by atoms with van der Waals surface area (Å²) in [7, 11) is -3.45. The number of nitrogens with zero attached hydrogens (tertiary/aromatic N) is 1. The molecule has 6 nitrogen and oxygen atoms in total. The summed E-state index contributed by atoms with van der Waals surface area (Å²) in [5, 5.41) is 6.10. The summed E-state index contributed by atoms with van der Waals surface area (Å²) >= 11 is 1.70. The van der Waals surface area contributed by atoms with Crippen molar-refractivity contribution >= 4 is 40.1 Å². The zero-order valence-corrected chi connectivity index (χ0v) is 17.1. The first-order chi connectivity index (χ1) is 11.4. The number of rotatable bonds is 7. The van der Waals surface area contributed by atoms with Crippen molar-refractivity contribution in [1.82, 2.24) is 14.9 Å². The van der Waals surface area contributed by atoms with E-state index in [4.69, 9.17) is 0 Å². The van der Waals surface area contributed by atoms with Gasteiger partial charge in [0.05, 0.1) is 17.0 Å². The molecule has 0 saturated carbocycles. The van der Waals surface area contributed by atoms with Crippen molar-refractivity contribution in [3.63, 3.8) is 0 Å². The summed E-state index contributed by atoms with van der Waals surface area (Å²) in [4.78, 5) is 12.4. The maximum absolute atomic E-state index is 12.5. The first-order valence-electron chi connectivity index (χ1n) is 8.11. The second-order valence-electron chi connectivity index (χ2n) is 5.66. The molecule has 1 aliphatic rings. The smallest absolute Gasteiger partial charge is 0.243 e. The Bertz CT molecular complexity index is 658. The van der Waals surface area contributed by atoms with E-state index in [1.54, 1.807) is 36.0 Å². The standard InChI is InChI=1S/C16H25N3O3S2.ClH/c1-4-19(5-2)24(21,22)14-8-6-13(7-9-14)12(3)18-16(20)15-10-23-11-17-15;/h6-9,12,15,17H,4-5,10-11H2,1-3H3,(H,18,20);1H. The summed E-state index contributed by atoms with van der Waals surface area (Å²) in [6.07, 6.45) is 0. The number of carbonyl (C=O) groups is 1. The minimum Gasteiger partial charge on any atom is -0.348 e. The van der Waals surface area contributed by atoms with E-state index in [1.165, 1.54) is 4.31 Å². The van der Waals surface area contributed by atoms with Crippen molar-refractivity contribution < 1.29 is 13.2 Å². The normalized spacial score (nSPS) is 18.6. The number of nitrogens with one attached hydrogen (secondary N) is 2. The number of carbonyl (C=O) groups excluding carboxylic acids is 1. The third-order valence-corrected chi connectivity index (χ3v) is 7.12. The topological polar surface area (TPSA) is 78.5 Å². The molecule has 25 heavy (non-hydrogen) atoms. The Morgan fingerprint density at radius 3 is 2.40 bits per heavy atom. The molecule has 1 saturated heterocycles. The fourth-order valence-corrected chi connectivity index (χ4v) is 5.00. The Morgan fingerprint density at radius 2 is 1.92 bits per heavy atom. The number of thioether (sulfide) groups is 1. The summed E-state index contributed by atoms with van der Waals surface area (Å²) in [6, 6.07) is 6.41. The maximum Gasteiger partial charge on any atom is 0.243 e. The molecule has 0 aromatic heterocycles. The van der Waals surface area contributed by atoms with Crippen LogP contribution in [-0.2, 0) is 14.8 Å². The molecule has 1 heterocycles. The van der Waals surface area contributed by atoms with Gasteiger partial charge in [-0.05, 0) is 24.6 Å². The van der Waals surface area contributed by atoms with Crippen LogP contribution in [0.15, 0.2) is 29.2 Å². The van der Waals surface area contributed by atoms with Crippen molar-refractivity contribution in [3.8, 4) is 0 Å². The van der Waals surface area contributed by atoms with Gasteiger partial charge >= 0.3 is 0 Å². The van der Waals surface area contributed by atoms with E-state index in [0.717, 1.165) is 17.2 Å². The van der Waals surface area contributed by atoms with E-state index in [-0.39, 0.29) is 35.3 Å². The van der Waals surface area contributed by atoms with Crippen molar-refractivity contribution in [1.29, 1.82) is 0 Å². The van der Waals surface area contributed by atoms with Crippen LogP contribution < -0.4 is 10.6 Å². The summed E-state index contributed by atoms with van der Waals surface area (Å²) in [6.45, 7) is 6.43. The van der Waals surface area contributed by atoms with Crippen LogP contribution in [0, 0.1) is 0 Å². The van der Waals surface area contributed by atoms with E-state index >= 15 is 0 Å². The van der Waals surface area contributed by atoms with Crippen LogP contribution in [0.25, 0.3) is 0 Å². The van der Waals surface area contributed by atoms with Crippen LogP contribution in [-0.4, -0.2) is 49.4 Å². The molecule has 1 fully saturated rings. The molecular weight excluding hydrogens is 382 g/mol. The first kappa shape index (κ1) is 22.2. The number of hydrogen-bond donors (Lipinski definition) is 2. The number of hydrogen-bond acceptors (Lipinski definition) is 5. The second kappa shape index (κ2) is 9.78. The zero-order chi connectivity index (χ0) is 17.7. The molecule has 9 heteroatoms. The Kier molecular flexibility index (Phi) is 8.70. The molecule has 142 valence electrons. The van der Waals surface area contributed by atoms with Crippen molar-refractivity contribution in [2.24, 2.45) is 0 Å². The van der Waals surface area contributed by atoms with Crippen LogP contribution in [0.2, 0.25) is 0 Å². The van der Waals surface area contributed by atoms with Gasteiger partial charge in [0.25, 0.3) is 0 Å². The molecule has 2 rings (SSSR count). The molecule has 1 aromatic rings. The number of amides is 1. The zero-order valence-electron chi connectivity index (χ0n) is 14.7. The minimum absolute atomic E-state index is 0. The lowest BCUT2D eigenvalue weighted by molar-refractivity contribution is -0.123. The lowest BCUT2D eigenvalue weighted by Crippen LogP contribution is -2.42. The lowest BCUT2D eigenvalue weighted by Gasteiger charge is -2.20. The molecule has 0 spiro atoms. The highest BCUT2D eigenvalue weighted by Gasteiger charge is 2.24. The minimum atomic E-state index is -3.45. The van der Waals surface area contributed by atoms with Gasteiger partial charge in [-0.3, -0.25) is 10.1 Å². The number of benzene rings is 1. The SMILES string of the molecule is CCN(CC)S(=O)(=O)c1ccc(C(C)NC(=O)C2CSCN2)cc1.Cl. The Hall–Kier alpha value is -0.800. The van der Waals surface area contributed by atoms with Gasteiger partial charge in [-0.2, -0.15) is 4.31 Å². The number of halogens is 1. The average molecular weight is 408 g/mol.